The summed E-state index contributed by atoms with van der Waals surface area (Å²) < 4.78 is 90.4. The van der Waals surface area contributed by atoms with Crippen molar-refractivity contribution < 1.29 is 64.5 Å². The molecule has 60 heavy (non-hydrogen) atoms. The van der Waals surface area contributed by atoms with Gasteiger partial charge >= 0.3 is 37.5 Å². The second kappa shape index (κ2) is 21.8. The van der Waals surface area contributed by atoms with E-state index in [4.69, 9.17) is 58.4 Å². The van der Waals surface area contributed by atoms with E-state index in [0.717, 1.165) is 10.7 Å². The van der Waals surface area contributed by atoms with Crippen LogP contribution in [0.3, 0.4) is 0 Å². The number of rotatable bonds is 13. The summed E-state index contributed by atoms with van der Waals surface area (Å²) in [5.74, 6) is 1.11. The first-order chi connectivity index (χ1) is 27.7. The molecular weight excluding hydrogens is 891 g/mol. The molecule has 0 atom stereocenters. The zero-order chi connectivity index (χ0) is 45.6. The van der Waals surface area contributed by atoms with Crippen LogP contribution in [0, 0.1) is 19.3 Å². The van der Waals surface area contributed by atoms with Gasteiger partial charge in [0.2, 0.25) is 11.8 Å². The molecule has 2 aromatic heterocycles. The molecule has 0 aliphatic rings. The predicted octanol–water partition coefficient (Wildman–Crippen LogP) is 4.43. The molecule has 27 heteroatoms. The summed E-state index contributed by atoms with van der Waals surface area (Å²) >= 11 is 12.2. The van der Waals surface area contributed by atoms with Gasteiger partial charge in [0.05, 0.1) is 40.6 Å². The Bertz CT molecular complexity index is 2400. The minimum atomic E-state index is -4.45. The zero-order valence-corrected chi connectivity index (χ0v) is 35.3. The molecule has 0 fully saturated rings. The van der Waals surface area contributed by atoms with Gasteiger partial charge in [-0.3, -0.25) is 20.0 Å². The number of ether oxygens (including phenoxy) is 2. The molecule has 328 valence electrons. The molecule has 6 N–H and O–H groups in total. The molecule has 4 rings (SSSR count). The van der Waals surface area contributed by atoms with Crippen LogP contribution in [-0.2, 0) is 31.2 Å². The smallest absolute Gasteiger partial charge is 0.442 e. The first kappa shape index (κ1) is 50.9. The van der Waals surface area contributed by atoms with Gasteiger partial charge in [-0.25, -0.2) is 22.7 Å². The number of aryl methyl sites for hydroxylation is 2. The van der Waals surface area contributed by atoms with Crippen molar-refractivity contribution >= 4 is 58.8 Å². The monoisotopic (exact) mass is 928 g/mol. The number of aliphatic carboxylic acids is 1. The third-order valence-corrected chi connectivity index (χ3v) is 9.29. The lowest BCUT2D eigenvalue weighted by Crippen LogP contribution is -2.35. The summed E-state index contributed by atoms with van der Waals surface area (Å²) in [5.41, 5.74) is -0.174. The number of nitrogens with one attached hydrogen (secondary N) is 3. The first-order valence-corrected chi connectivity index (χ1v) is 20.6. The highest BCUT2D eigenvalue weighted by atomic mass is 35.5. The molecular formula is C33H38Cl2F3N8O12PS. The number of methoxy groups -OCH3 is 1. The number of carboxylic acid groups (broad SMARTS) is 1. The summed E-state index contributed by atoms with van der Waals surface area (Å²) in [6, 6.07) is 6.77. The van der Waals surface area contributed by atoms with Crippen LogP contribution in [0.5, 0.6) is 11.8 Å². The molecule has 0 bridgehead atoms. The maximum atomic E-state index is 12.5. The van der Waals surface area contributed by atoms with E-state index in [9.17, 15) is 40.5 Å². The predicted molar refractivity (Wildman–Crippen MR) is 209 cm³/mol. The van der Waals surface area contributed by atoms with Crippen LogP contribution >= 0.6 is 30.8 Å². The Kier molecular flexibility index (Phi) is 18.5. The Hall–Kier alpha value is -5.28. The highest BCUT2D eigenvalue weighted by molar-refractivity contribution is 7.90. The minimum absolute atomic E-state index is 0.0434. The average Bonchev–Trinajstić information content (AvgIpc) is 3.51. The summed E-state index contributed by atoms with van der Waals surface area (Å²) in [4.78, 5) is 61.1. The number of halogens is 5. The minimum Gasteiger partial charge on any atom is -0.480 e. The number of terminal acetylenes is 1. The van der Waals surface area contributed by atoms with E-state index in [1.165, 1.54) is 44.4 Å². The molecule has 0 aliphatic carbocycles. The second-order valence-corrected chi connectivity index (χ2v) is 16.8. The van der Waals surface area contributed by atoms with E-state index in [-0.39, 0.29) is 40.0 Å². The van der Waals surface area contributed by atoms with E-state index in [1.807, 2.05) is 20.8 Å². The van der Waals surface area contributed by atoms with E-state index in [0.29, 0.717) is 17.3 Å². The number of amides is 2. The average molecular weight is 930 g/mol. The number of urea groups is 1. The largest absolute Gasteiger partial charge is 0.480 e. The van der Waals surface area contributed by atoms with Crippen LogP contribution < -0.4 is 30.6 Å². The summed E-state index contributed by atoms with van der Waals surface area (Å²) in [6.07, 6.45) is -1.64. The van der Waals surface area contributed by atoms with Gasteiger partial charge in [0.25, 0.3) is 10.0 Å². The third-order valence-electron chi connectivity index (χ3n) is 6.63. The van der Waals surface area contributed by atoms with Crippen LogP contribution in [0.25, 0.3) is 5.69 Å². The van der Waals surface area contributed by atoms with Crippen molar-refractivity contribution in [2.24, 2.45) is 0 Å². The van der Waals surface area contributed by atoms with Crippen LogP contribution in [0.1, 0.15) is 44.5 Å². The molecule has 0 spiro atoms. The molecule has 4 aromatic rings. The molecule has 0 aliphatic heterocycles. The van der Waals surface area contributed by atoms with Gasteiger partial charge in [0, 0.05) is 17.9 Å². The normalized spacial score (nSPS) is 11.5. The number of aromatic nitrogens is 5. The molecule has 2 heterocycles. The molecule has 20 nitrogen and oxygen atoms in total. The number of carbonyl (C=O) groups is 2. The lowest BCUT2D eigenvalue weighted by Gasteiger charge is -2.13. The van der Waals surface area contributed by atoms with Crippen LogP contribution in [-0.4, -0.2) is 92.8 Å². The maximum absolute atomic E-state index is 12.5. The Labute approximate surface area is 350 Å². The quantitative estimate of drug-likeness (QED) is 0.0798. The fraction of sp³-hybridized carbons (Fsp3) is 0.364. The Morgan fingerprint density at radius 3 is 2.28 bits per heavy atom. The molecule has 0 radical (unpaired) electrons. The van der Waals surface area contributed by atoms with E-state index in [2.05, 4.69) is 36.6 Å². The van der Waals surface area contributed by atoms with Crippen LogP contribution in [0.15, 0.2) is 50.5 Å². The van der Waals surface area contributed by atoms with Crippen molar-refractivity contribution in [1.82, 2.24) is 34.8 Å². The standard InChI is InChI=1S/C15H14Cl2N2O3.C15H16F3N5O4S.C3H8NO5P/c1-5-6-21-12-8-11(9(16)7-10(12)17)19-14(20)22-13(18-19)15(2,3)4;1-9-19-12(22-14(20-9)27-2)21-13(24)23-28(25,26)11-6-4-3-5-10(11)7-8-15(16,17)18;5-3(6)1-4-2-10(7,8)9/h1,7-8H,6H2,2-4H3;3-6H,7-8H2,1-2H3,(H2,19,20,21,22,23,24);4H,1-2H2,(H,5,6)(H2,7,8,9). The van der Waals surface area contributed by atoms with Crippen molar-refractivity contribution in [2.45, 2.75) is 57.0 Å². The number of nitrogens with zero attached hydrogens (tertiary/aromatic N) is 5. The molecule has 0 saturated carbocycles. The van der Waals surface area contributed by atoms with Gasteiger partial charge in [-0.2, -0.15) is 32.8 Å². The maximum Gasteiger partial charge on any atom is 0.442 e. The number of alkyl halides is 3. The summed E-state index contributed by atoms with van der Waals surface area (Å²) in [7, 11) is -7.24. The van der Waals surface area contributed by atoms with Crippen molar-refractivity contribution in [3.05, 3.63) is 74.3 Å². The summed E-state index contributed by atoms with van der Waals surface area (Å²) in [5, 5.41) is 16.9. The second-order valence-electron chi connectivity index (χ2n) is 12.7. The van der Waals surface area contributed by atoms with Crippen molar-refractivity contribution in [3.63, 3.8) is 0 Å². The number of hydrogen-bond acceptors (Lipinski definition) is 14. The molecule has 0 unspecified atom stereocenters. The molecule has 2 aromatic carbocycles. The van der Waals surface area contributed by atoms with Gasteiger partial charge in [-0.1, -0.05) is 68.1 Å². The lowest BCUT2D eigenvalue weighted by molar-refractivity contribution is -0.136. The molecule has 0 saturated heterocycles. The van der Waals surface area contributed by atoms with Crippen LogP contribution in [0.2, 0.25) is 10.0 Å². The number of anilines is 1. The van der Waals surface area contributed by atoms with Gasteiger partial charge in [-0.05, 0) is 31.0 Å². The SMILES string of the molecule is C#CCOc1cc(-n2nc(C(C)(C)C)oc2=O)c(Cl)cc1Cl.COc1nc(C)nc(NC(=O)NS(=O)(=O)c2ccccc2CCC(F)(F)F)n1.O=C(O)CNCP(=O)(O)O. The van der Waals surface area contributed by atoms with E-state index < -0.39 is 77.5 Å². The van der Waals surface area contributed by atoms with Gasteiger partial charge in [0.1, 0.15) is 18.2 Å². The highest BCUT2D eigenvalue weighted by Crippen LogP contribution is 2.33. The molecule has 2 amide bonds. The van der Waals surface area contributed by atoms with Crippen molar-refractivity contribution in [2.75, 3.05) is 31.9 Å². The van der Waals surface area contributed by atoms with E-state index in [1.54, 1.807) is 4.72 Å². The Morgan fingerprint density at radius 2 is 1.73 bits per heavy atom. The highest BCUT2D eigenvalue weighted by Gasteiger charge is 2.29. The Morgan fingerprint density at radius 1 is 1.08 bits per heavy atom. The van der Waals surface area contributed by atoms with Gasteiger partial charge < -0.3 is 28.8 Å². The number of carboxylic acids is 1. The van der Waals surface area contributed by atoms with Gasteiger partial charge in [0.15, 0.2) is 0 Å². The fourth-order valence-electron chi connectivity index (χ4n) is 4.11. The fourth-order valence-corrected chi connectivity index (χ4v) is 6.21. The van der Waals surface area contributed by atoms with Gasteiger partial charge in [-0.15, -0.1) is 11.5 Å². The van der Waals surface area contributed by atoms with Crippen molar-refractivity contribution in [3.8, 4) is 29.8 Å². The van der Waals surface area contributed by atoms with E-state index >= 15 is 0 Å². The zero-order valence-electron chi connectivity index (χ0n) is 32.1. The lowest BCUT2D eigenvalue weighted by atomic mass is 9.97. The number of carbonyl (C=O) groups excluding carboxylic acids is 1. The third kappa shape index (κ3) is 17.5. The van der Waals surface area contributed by atoms with Crippen LogP contribution in [0.4, 0.5) is 23.9 Å². The number of hydrogen-bond donors (Lipinski definition) is 6. The number of benzene rings is 2. The summed E-state index contributed by atoms with van der Waals surface area (Å²) in [6.45, 7) is 6.75. The Balaban J connectivity index is 0.000000344. The first-order valence-electron chi connectivity index (χ1n) is 16.5. The topological polar surface area (TPSA) is 287 Å². The van der Waals surface area contributed by atoms with Crippen molar-refractivity contribution in [1.29, 1.82) is 0 Å². The number of sulfonamides is 1.